The van der Waals surface area contributed by atoms with Crippen molar-refractivity contribution in [2.24, 2.45) is 0 Å². The van der Waals surface area contributed by atoms with E-state index in [-0.39, 0.29) is 11.4 Å². The lowest BCUT2D eigenvalue weighted by molar-refractivity contribution is 0.500. The lowest BCUT2D eigenvalue weighted by atomic mass is 9.89. The van der Waals surface area contributed by atoms with Crippen LogP contribution in [0.4, 0.5) is 10.1 Å². The second-order valence-corrected chi connectivity index (χ2v) is 4.31. The fourth-order valence-electron chi connectivity index (χ4n) is 1.77. The molecule has 1 heterocycles. The smallest absolute Gasteiger partial charge is 0.123 e. The van der Waals surface area contributed by atoms with Gasteiger partial charge in [0.25, 0.3) is 0 Å². The number of rotatable bonds is 0. The van der Waals surface area contributed by atoms with E-state index < -0.39 is 0 Å². The molecule has 0 aromatic heterocycles. The molecule has 1 N–H and O–H groups in total. The van der Waals surface area contributed by atoms with Crippen molar-refractivity contribution in [3.63, 3.8) is 0 Å². The standard InChI is InChI=1S/C11H14FN/c1-11(2)6-5-8-7-9(12)3-4-10(8)13-11/h3-4,7,13H,5-6H2,1-2H3. The van der Waals surface area contributed by atoms with Gasteiger partial charge < -0.3 is 5.32 Å². The van der Waals surface area contributed by atoms with Crippen LogP contribution in [0.5, 0.6) is 0 Å². The van der Waals surface area contributed by atoms with Gasteiger partial charge in [-0.15, -0.1) is 0 Å². The van der Waals surface area contributed by atoms with Gasteiger partial charge in [0.15, 0.2) is 0 Å². The normalized spacial score (nSPS) is 19.0. The van der Waals surface area contributed by atoms with E-state index in [0.717, 1.165) is 24.1 Å². The minimum atomic E-state index is -0.139. The topological polar surface area (TPSA) is 12.0 Å². The van der Waals surface area contributed by atoms with Crippen LogP contribution in [0, 0.1) is 5.82 Å². The number of benzene rings is 1. The summed E-state index contributed by atoms with van der Waals surface area (Å²) in [5, 5.41) is 3.40. The first-order chi connectivity index (χ1) is 6.07. The lowest BCUT2D eigenvalue weighted by Crippen LogP contribution is -2.35. The van der Waals surface area contributed by atoms with Gasteiger partial charge in [-0.1, -0.05) is 0 Å². The van der Waals surface area contributed by atoms with Crippen LogP contribution in [0.1, 0.15) is 25.8 Å². The van der Waals surface area contributed by atoms with E-state index in [9.17, 15) is 4.39 Å². The molecule has 1 nitrogen and oxygen atoms in total. The van der Waals surface area contributed by atoms with Crippen molar-refractivity contribution in [2.45, 2.75) is 32.2 Å². The number of hydrogen-bond donors (Lipinski definition) is 1. The molecular formula is C11H14FN. The fourth-order valence-corrected chi connectivity index (χ4v) is 1.77. The van der Waals surface area contributed by atoms with Crippen LogP contribution in [-0.2, 0) is 6.42 Å². The largest absolute Gasteiger partial charge is 0.380 e. The number of halogens is 1. The van der Waals surface area contributed by atoms with Crippen molar-refractivity contribution < 1.29 is 4.39 Å². The summed E-state index contributed by atoms with van der Waals surface area (Å²) < 4.78 is 12.9. The molecule has 2 heteroatoms. The van der Waals surface area contributed by atoms with Gasteiger partial charge in [0.05, 0.1) is 0 Å². The van der Waals surface area contributed by atoms with Crippen LogP contribution in [-0.4, -0.2) is 5.54 Å². The third-order valence-corrected chi connectivity index (χ3v) is 2.56. The van der Waals surface area contributed by atoms with Crippen molar-refractivity contribution in [3.05, 3.63) is 29.6 Å². The molecule has 1 aromatic carbocycles. The van der Waals surface area contributed by atoms with Crippen molar-refractivity contribution in [2.75, 3.05) is 5.32 Å². The number of nitrogens with one attached hydrogen (secondary N) is 1. The molecular weight excluding hydrogens is 165 g/mol. The lowest BCUT2D eigenvalue weighted by Gasteiger charge is -2.33. The summed E-state index contributed by atoms with van der Waals surface area (Å²) in [7, 11) is 0. The van der Waals surface area contributed by atoms with Crippen molar-refractivity contribution >= 4 is 5.69 Å². The predicted molar refractivity (Wildman–Crippen MR) is 52.4 cm³/mol. The highest BCUT2D eigenvalue weighted by Crippen LogP contribution is 2.30. The monoisotopic (exact) mass is 179 g/mol. The molecule has 0 amide bonds. The third-order valence-electron chi connectivity index (χ3n) is 2.56. The quantitative estimate of drug-likeness (QED) is 0.645. The summed E-state index contributed by atoms with van der Waals surface area (Å²) in [6.07, 6.45) is 2.02. The Kier molecular flexibility index (Phi) is 1.79. The van der Waals surface area contributed by atoms with E-state index in [2.05, 4.69) is 19.2 Å². The molecule has 1 aliphatic heterocycles. The first kappa shape index (κ1) is 8.54. The first-order valence-electron chi connectivity index (χ1n) is 4.63. The molecule has 0 atom stereocenters. The predicted octanol–water partition coefficient (Wildman–Crippen LogP) is 2.96. The average molecular weight is 179 g/mol. The second-order valence-electron chi connectivity index (χ2n) is 4.31. The Morgan fingerprint density at radius 1 is 1.38 bits per heavy atom. The summed E-state index contributed by atoms with van der Waals surface area (Å²) in [5.41, 5.74) is 2.32. The van der Waals surface area contributed by atoms with Crippen LogP contribution in [0.2, 0.25) is 0 Å². The van der Waals surface area contributed by atoms with E-state index in [1.807, 2.05) is 6.07 Å². The zero-order chi connectivity index (χ0) is 9.47. The van der Waals surface area contributed by atoms with Crippen molar-refractivity contribution in [1.29, 1.82) is 0 Å². The molecule has 0 saturated carbocycles. The van der Waals surface area contributed by atoms with Gasteiger partial charge in [-0.2, -0.15) is 0 Å². The summed E-state index contributed by atoms with van der Waals surface area (Å²) in [4.78, 5) is 0. The Hall–Kier alpha value is -1.05. The maximum absolute atomic E-state index is 12.9. The summed E-state index contributed by atoms with van der Waals surface area (Å²) in [6.45, 7) is 4.33. The molecule has 0 fully saturated rings. The maximum atomic E-state index is 12.9. The average Bonchev–Trinajstić information content (AvgIpc) is 2.05. The van der Waals surface area contributed by atoms with Gasteiger partial charge in [0.1, 0.15) is 5.82 Å². The highest BCUT2D eigenvalue weighted by Gasteiger charge is 2.23. The molecule has 1 aliphatic rings. The Morgan fingerprint density at radius 3 is 2.92 bits per heavy atom. The van der Waals surface area contributed by atoms with E-state index in [0.29, 0.717) is 0 Å². The molecule has 0 radical (unpaired) electrons. The van der Waals surface area contributed by atoms with Crippen LogP contribution in [0.3, 0.4) is 0 Å². The van der Waals surface area contributed by atoms with Gasteiger partial charge >= 0.3 is 0 Å². The van der Waals surface area contributed by atoms with Gasteiger partial charge in [-0.3, -0.25) is 0 Å². The van der Waals surface area contributed by atoms with E-state index in [1.54, 1.807) is 6.07 Å². The highest BCUT2D eigenvalue weighted by molar-refractivity contribution is 5.55. The van der Waals surface area contributed by atoms with E-state index >= 15 is 0 Å². The van der Waals surface area contributed by atoms with Crippen molar-refractivity contribution in [1.82, 2.24) is 0 Å². The first-order valence-corrected chi connectivity index (χ1v) is 4.63. The van der Waals surface area contributed by atoms with Crippen LogP contribution < -0.4 is 5.32 Å². The highest BCUT2D eigenvalue weighted by atomic mass is 19.1. The van der Waals surface area contributed by atoms with Gasteiger partial charge in [-0.05, 0) is 50.5 Å². The second kappa shape index (κ2) is 2.72. The molecule has 2 rings (SSSR count). The fraction of sp³-hybridized carbons (Fsp3) is 0.455. The summed E-state index contributed by atoms with van der Waals surface area (Å²) in [5.74, 6) is -0.139. The summed E-state index contributed by atoms with van der Waals surface area (Å²) >= 11 is 0. The minimum Gasteiger partial charge on any atom is -0.380 e. The Labute approximate surface area is 78.0 Å². The van der Waals surface area contributed by atoms with Crippen LogP contribution in [0.15, 0.2) is 18.2 Å². The third kappa shape index (κ3) is 1.67. The van der Waals surface area contributed by atoms with Crippen LogP contribution >= 0.6 is 0 Å². The zero-order valence-electron chi connectivity index (χ0n) is 8.02. The number of aryl methyl sites for hydroxylation is 1. The van der Waals surface area contributed by atoms with E-state index in [4.69, 9.17) is 0 Å². The number of fused-ring (bicyclic) bond motifs is 1. The van der Waals surface area contributed by atoms with Crippen molar-refractivity contribution in [3.8, 4) is 0 Å². The molecule has 70 valence electrons. The van der Waals surface area contributed by atoms with Crippen LogP contribution in [0.25, 0.3) is 0 Å². The molecule has 0 saturated heterocycles. The molecule has 0 spiro atoms. The summed E-state index contributed by atoms with van der Waals surface area (Å²) in [6, 6.07) is 4.95. The van der Waals surface area contributed by atoms with E-state index in [1.165, 1.54) is 6.07 Å². The Balaban J connectivity index is 2.37. The number of anilines is 1. The molecule has 0 aliphatic carbocycles. The SMILES string of the molecule is CC1(C)CCc2cc(F)ccc2N1. The molecule has 0 unspecified atom stereocenters. The number of hydrogen-bond acceptors (Lipinski definition) is 1. The van der Waals surface area contributed by atoms with Gasteiger partial charge in [0, 0.05) is 11.2 Å². The zero-order valence-corrected chi connectivity index (χ0v) is 8.02. The molecule has 1 aromatic rings. The molecule has 0 bridgehead atoms. The Bertz CT molecular complexity index is 331. The van der Waals surface area contributed by atoms with Gasteiger partial charge in [-0.25, -0.2) is 4.39 Å². The molecule has 13 heavy (non-hydrogen) atoms. The van der Waals surface area contributed by atoms with Gasteiger partial charge in [0.2, 0.25) is 0 Å². The maximum Gasteiger partial charge on any atom is 0.123 e. The minimum absolute atomic E-state index is 0.139. The Morgan fingerprint density at radius 2 is 2.15 bits per heavy atom.